The topological polar surface area (TPSA) is 105 Å². The summed E-state index contributed by atoms with van der Waals surface area (Å²) in [6.45, 7) is 0. The van der Waals surface area contributed by atoms with Gasteiger partial charge in [0.2, 0.25) is 11.1 Å². The molecule has 0 aliphatic carbocycles. The third-order valence-electron chi connectivity index (χ3n) is 1.78. The number of rotatable bonds is 4. The number of aromatic carboxylic acids is 1. The molecule has 0 atom stereocenters. The van der Waals surface area contributed by atoms with E-state index in [2.05, 4.69) is 15.2 Å². The van der Waals surface area contributed by atoms with Gasteiger partial charge < -0.3 is 10.8 Å². The summed E-state index contributed by atoms with van der Waals surface area (Å²) in [7, 11) is 0. The zero-order chi connectivity index (χ0) is 11.5. The SMILES string of the molecule is Nc1nc(SCc2ccsc2C(=O)O)n[nH]1. The second-order valence-corrected chi connectivity index (χ2v) is 4.73. The van der Waals surface area contributed by atoms with Crippen molar-refractivity contribution in [3.8, 4) is 0 Å². The maximum atomic E-state index is 10.8. The summed E-state index contributed by atoms with van der Waals surface area (Å²) in [5.41, 5.74) is 6.14. The minimum absolute atomic E-state index is 0.256. The van der Waals surface area contributed by atoms with Crippen LogP contribution < -0.4 is 5.73 Å². The van der Waals surface area contributed by atoms with Crippen molar-refractivity contribution in [2.45, 2.75) is 10.9 Å². The fourth-order valence-electron chi connectivity index (χ4n) is 1.10. The maximum absolute atomic E-state index is 10.8. The lowest BCUT2D eigenvalue weighted by molar-refractivity contribution is 0.0701. The van der Waals surface area contributed by atoms with Crippen LogP contribution in [-0.2, 0) is 5.75 Å². The minimum atomic E-state index is -0.903. The van der Waals surface area contributed by atoms with Gasteiger partial charge in [0.15, 0.2) is 0 Å². The molecule has 0 saturated carbocycles. The van der Waals surface area contributed by atoms with Gasteiger partial charge in [0.05, 0.1) is 0 Å². The molecule has 0 amide bonds. The van der Waals surface area contributed by atoms with E-state index in [9.17, 15) is 4.79 Å². The third kappa shape index (κ3) is 2.34. The van der Waals surface area contributed by atoms with Gasteiger partial charge in [-0.15, -0.1) is 16.4 Å². The predicted molar refractivity (Wildman–Crippen MR) is 61.6 cm³/mol. The van der Waals surface area contributed by atoms with Gasteiger partial charge in [-0.3, -0.25) is 0 Å². The summed E-state index contributed by atoms with van der Waals surface area (Å²) in [4.78, 5) is 15.1. The second kappa shape index (κ2) is 4.54. The van der Waals surface area contributed by atoms with Gasteiger partial charge in [0.1, 0.15) is 4.88 Å². The number of aromatic amines is 1. The summed E-state index contributed by atoms with van der Waals surface area (Å²) in [6.07, 6.45) is 0. The largest absolute Gasteiger partial charge is 0.477 e. The van der Waals surface area contributed by atoms with Crippen LogP contribution in [0.5, 0.6) is 0 Å². The molecule has 2 rings (SSSR count). The van der Waals surface area contributed by atoms with Gasteiger partial charge in [0.25, 0.3) is 0 Å². The van der Waals surface area contributed by atoms with E-state index in [1.54, 1.807) is 11.4 Å². The fourth-order valence-corrected chi connectivity index (χ4v) is 2.75. The number of thioether (sulfide) groups is 1. The zero-order valence-electron chi connectivity index (χ0n) is 8.01. The third-order valence-corrected chi connectivity index (χ3v) is 3.62. The van der Waals surface area contributed by atoms with Crippen molar-refractivity contribution in [2.75, 3.05) is 5.73 Å². The molecule has 0 aliphatic rings. The van der Waals surface area contributed by atoms with Gasteiger partial charge in [-0.05, 0) is 17.0 Å². The predicted octanol–water partition coefficient (Wildman–Crippen LogP) is 1.44. The molecule has 0 radical (unpaired) electrons. The maximum Gasteiger partial charge on any atom is 0.346 e. The van der Waals surface area contributed by atoms with Crippen LogP contribution in [0, 0.1) is 0 Å². The number of H-pyrrole nitrogens is 1. The Morgan fingerprint density at radius 2 is 2.50 bits per heavy atom. The van der Waals surface area contributed by atoms with Crippen LogP contribution in [0.25, 0.3) is 0 Å². The first-order chi connectivity index (χ1) is 7.66. The molecule has 8 heteroatoms. The van der Waals surface area contributed by atoms with Gasteiger partial charge in [-0.25, -0.2) is 9.89 Å². The van der Waals surface area contributed by atoms with E-state index in [0.29, 0.717) is 15.8 Å². The molecule has 0 aliphatic heterocycles. The van der Waals surface area contributed by atoms with E-state index < -0.39 is 5.97 Å². The molecular formula is C8H8N4O2S2. The number of nitrogens with zero attached hydrogens (tertiary/aromatic N) is 2. The van der Waals surface area contributed by atoms with Gasteiger partial charge in [-0.1, -0.05) is 11.8 Å². The number of hydrogen-bond acceptors (Lipinski definition) is 6. The summed E-state index contributed by atoms with van der Waals surface area (Å²) in [6, 6.07) is 1.79. The lowest BCUT2D eigenvalue weighted by Crippen LogP contribution is -1.96. The van der Waals surface area contributed by atoms with E-state index in [4.69, 9.17) is 10.8 Å². The van der Waals surface area contributed by atoms with E-state index in [1.165, 1.54) is 23.1 Å². The first kappa shape index (κ1) is 11.0. The molecule has 2 aromatic rings. The van der Waals surface area contributed by atoms with Crippen LogP contribution >= 0.6 is 23.1 Å². The van der Waals surface area contributed by atoms with E-state index >= 15 is 0 Å². The Kier molecular flexibility index (Phi) is 3.11. The second-order valence-electron chi connectivity index (χ2n) is 2.87. The molecule has 0 spiro atoms. The molecule has 4 N–H and O–H groups in total. The summed E-state index contributed by atoms with van der Waals surface area (Å²) < 4.78 is 0. The molecule has 0 bridgehead atoms. The Balaban J connectivity index is 2.04. The number of thiophene rings is 1. The van der Waals surface area contributed by atoms with Crippen molar-refractivity contribution in [1.82, 2.24) is 15.2 Å². The molecule has 0 unspecified atom stereocenters. The number of carbonyl (C=O) groups is 1. The summed E-state index contributed by atoms with van der Waals surface area (Å²) >= 11 is 2.55. The highest BCUT2D eigenvalue weighted by molar-refractivity contribution is 7.98. The monoisotopic (exact) mass is 256 g/mol. The van der Waals surface area contributed by atoms with Gasteiger partial charge in [-0.2, -0.15) is 4.98 Å². The molecule has 2 heterocycles. The summed E-state index contributed by atoms with van der Waals surface area (Å²) in [5.74, 6) is -0.131. The normalized spacial score (nSPS) is 10.5. The minimum Gasteiger partial charge on any atom is -0.477 e. The van der Waals surface area contributed by atoms with E-state index in [0.717, 1.165) is 5.56 Å². The molecule has 0 fully saturated rings. The molecule has 6 nitrogen and oxygen atoms in total. The smallest absolute Gasteiger partial charge is 0.346 e. The van der Waals surface area contributed by atoms with Gasteiger partial charge >= 0.3 is 5.97 Å². The number of nitrogens with one attached hydrogen (secondary N) is 1. The highest BCUT2D eigenvalue weighted by Gasteiger charge is 2.12. The quantitative estimate of drug-likeness (QED) is 0.715. The van der Waals surface area contributed by atoms with Crippen molar-refractivity contribution in [3.63, 3.8) is 0 Å². The van der Waals surface area contributed by atoms with Crippen LogP contribution in [0.3, 0.4) is 0 Å². The molecule has 0 saturated heterocycles. The highest BCUT2D eigenvalue weighted by atomic mass is 32.2. The number of nitrogens with two attached hydrogens (primary N) is 1. The number of nitrogen functional groups attached to an aromatic ring is 1. The Bertz CT molecular complexity index is 508. The van der Waals surface area contributed by atoms with Crippen LogP contribution in [0.15, 0.2) is 16.6 Å². The Morgan fingerprint density at radius 1 is 1.69 bits per heavy atom. The fraction of sp³-hybridized carbons (Fsp3) is 0.125. The standard InChI is InChI=1S/C8H8N4O2S2/c9-7-10-8(12-11-7)16-3-4-1-2-15-5(4)6(13)14/h1-2H,3H2,(H,13,14)(H3,9,10,11,12). The van der Waals surface area contributed by atoms with Crippen molar-refractivity contribution in [3.05, 3.63) is 21.9 Å². The average molecular weight is 256 g/mol. The molecular weight excluding hydrogens is 248 g/mol. The highest BCUT2D eigenvalue weighted by Crippen LogP contribution is 2.25. The lowest BCUT2D eigenvalue weighted by atomic mass is 10.3. The number of hydrogen-bond donors (Lipinski definition) is 3. The van der Waals surface area contributed by atoms with Gasteiger partial charge in [0, 0.05) is 5.75 Å². The number of carboxylic acids is 1. The zero-order valence-corrected chi connectivity index (χ0v) is 9.64. The first-order valence-electron chi connectivity index (χ1n) is 4.27. The Hall–Kier alpha value is -1.54. The van der Waals surface area contributed by atoms with Crippen LogP contribution in [0.2, 0.25) is 0 Å². The van der Waals surface area contributed by atoms with Crippen molar-refractivity contribution >= 4 is 35.0 Å². The number of anilines is 1. The van der Waals surface area contributed by atoms with Crippen LogP contribution in [0.1, 0.15) is 15.2 Å². The molecule has 84 valence electrons. The van der Waals surface area contributed by atoms with Crippen LogP contribution in [0.4, 0.5) is 5.95 Å². The number of aromatic nitrogens is 3. The van der Waals surface area contributed by atoms with Crippen molar-refractivity contribution in [1.29, 1.82) is 0 Å². The average Bonchev–Trinajstić information content (AvgIpc) is 2.83. The molecule has 2 aromatic heterocycles. The van der Waals surface area contributed by atoms with Crippen LogP contribution in [-0.4, -0.2) is 26.3 Å². The Labute approximate surface area is 98.9 Å². The lowest BCUT2D eigenvalue weighted by Gasteiger charge is -1.96. The van der Waals surface area contributed by atoms with E-state index in [-0.39, 0.29) is 5.95 Å². The van der Waals surface area contributed by atoms with Crippen molar-refractivity contribution in [2.24, 2.45) is 0 Å². The molecule has 16 heavy (non-hydrogen) atoms. The molecule has 0 aromatic carbocycles. The Morgan fingerprint density at radius 3 is 3.12 bits per heavy atom. The van der Waals surface area contributed by atoms with E-state index in [1.807, 2.05) is 0 Å². The van der Waals surface area contributed by atoms with Crippen molar-refractivity contribution < 1.29 is 9.90 Å². The first-order valence-corrected chi connectivity index (χ1v) is 6.13. The summed E-state index contributed by atoms with van der Waals surface area (Å²) in [5, 5.41) is 17.5. The number of carboxylic acid groups (broad SMARTS) is 1.